The number of esters is 2. The fourth-order valence-corrected chi connectivity index (χ4v) is 4.35. The minimum absolute atomic E-state index is 0.0146. The second-order valence-electron chi connectivity index (χ2n) is 9.01. The third kappa shape index (κ3) is 7.92. The fraction of sp³-hybridized carbons (Fsp3) is 0.500. The van der Waals surface area contributed by atoms with E-state index in [1.54, 1.807) is 14.0 Å². The highest BCUT2D eigenvalue weighted by molar-refractivity contribution is 5.99. The van der Waals surface area contributed by atoms with Gasteiger partial charge in [0.1, 0.15) is 11.9 Å². The summed E-state index contributed by atoms with van der Waals surface area (Å²) in [6, 6.07) is 10.8. The van der Waals surface area contributed by atoms with E-state index in [1.807, 2.05) is 30.3 Å². The SMILES string of the molecule is COc1ccnc(C(=O)C[C@H]2CCCC[C@H](OC)[C@@H](Oc3ccccc3)[C@H](C)OC2=O)c1OCOC(C)=O. The number of hydrogen-bond acceptors (Lipinski definition) is 10. The predicted molar refractivity (Wildman–Crippen MR) is 136 cm³/mol. The molecular weight excluding hydrogens is 494 g/mol. The van der Waals surface area contributed by atoms with E-state index in [-0.39, 0.29) is 29.7 Å². The Balaban J connectivity index is 1.76. The molecule has 3 rings (SSSR count). The number of aromatic nitrogens is 1. The van der Waals surface area contributed by atoms with Crippen LogP contribution in [0.3, 0.4) is 0 Å². The van der Waals surface area contributed by atoms with Crippen LogP contribution in [0.25, 0.3) is 0 Å². The number of benzene rings is 1. The molecule has 1 aromatic heterocycles. The molecule has 0 bridgehead atoms. The second-order valence-corrected chi connectivity index (χ2v) is 9.01. The highest BCUT2D eigenvalue weighted by Gasteiger charge is 2.35. The molecule has 2 heterocycles. The molecule has 0 amide bonds. The Hall–Kier alpha value is -3.66. The van der Waals surface area contributed by atoms with Crippen molar-refractivity contribution in [2.45, 2.75) is 64.3 Å². The van der Waals surface area contributed by atoms with E-state index < -0.39 is 42.6 Å². The number of methoxy groups -OCH3 is 2. The van der Waals surface area contributed by atoms with Crippen molar-refractivity contribution in [2.24, 2.45) is 5.92 Å². The first-order chi connectivity index (χ1) is 18.3. The van der Waals surface area contributed by atoms with Crippen LogP contribution in [-0.4, -0.2) is 62.0 Å². The van der Waals surface area contributed by atoms with Crippen molar-refractivity contribution >= 4 is 17.7 Å². The number of Topliss-reactive ketones (excluding diaryl/α,β-unsaturated/α-hetero) is 1. The summed E-state index contributed by atoms with van der Waals surface area (Å²) in [7, 11) is 3.04. The van der Waals surface area contributed by atoms with Crippen LogP contribution in [0.2, 0.25) is 0 Å². The standard InChI is InChI=1S/C28H35NO9/c1-18-26(38-21-11-6-5-7-12-21)23(33-3)13-9-8-10-20(28(32)37-18)16-22(31)25-27(36-17-35-19(2)30)24(34-4)14-15-29-25/h5-7,11-12,14-15,18,20,23,26H,8-10,13,16-17H2,1-4H3/t18-,20+,23-,26-/m0/s1. The topological polar surface area (TPSA) is 119 Å². The number of carbonyl (C=O) groups is 3. The number of para-hydroxylation sites is 1. The minimum Gasteiger partial charge on any atom is -0.493 e. The molecule has 10 heteroatoms. The van der Waals surface area contributed by atoms with E-state index in [0.717, 1.165) is 6.42 Å². The molecule has 4 atom stereocenters. The molecule has 206 valence electrons. The molecular formula is C28H35NO9. The zero-order chi connectivity index (χ0) is 27.5. The maximum Gasteiger partial charge on any atom is 0.309 e. The van der Waals surface area contributed by atoms with Crippen molar-refractivity contribution < 1.29 is 42.8 Å². The van der Waals surface area contributed by atoms with Crippen molar-refractivity contribution in [3.8, 4) is 17.2 Å². The van der Waals surface area contributed by atoms with Crippen LogP contribution in [0, 0.1) is 5.92 Å². The molecule has 2 aromatic rings. The van der Waals surface area contributed by atoms with Gasteiger partial charge in [-0.1, -0.05) is 31.0 Å². The summed E-state index contributed by atoms with van der Waals surface area (Å²) >= 11 is 0. The molecule has 0 saturated carbocycles. The molecule has 1 saturated heterocycles. The van der Waals surface area contributed by atoms with Crippen molar-refractivity contribution in [2.75, 3.05) is 21.0 Å². The van der Waals surface area contributed by atoms with Crippen LogP contribution in [0.15, 0.2) is 42.6 Å². The third-order valence-electron chi connectivity index (χ3n) is 6.32. The molecule has 1 aromatic carbocycles. The monoisotopic (exact) mass is 529 g/mol. The van der Waals surface area contributed by atoms with Gasteiger partial charge in [0.25, 0.3) is 0 Å². The van der Waals surface area contributed by atoms with E-state index in [9.17, 15) is 14.4 Å². The molecule has 0 N–H and O–H groups in total. The molecule has 0 unspecified atom stereocenters. The molecule has 38 heavy (non-hydrogen) atoms. The van der Waals surface area contributed by atoms with Crippen LogP contribution >= 0.6 is 0 Å². The largest absolute Gasteiger partial charge is 0.493 e. The minimum atomic E-state index is -0.684. The zero-order valence-electron chi connectivity index (χ0n) is 22.2. The van der Waals surface area contributed by atoms with Crippen molar-refractivity contribution in [1.82, 2.24) is 4.98 Å². The van der Waals surface area contributed by atoms with Gasteiger partial charge in [0.2, 0.25) is 6.79 Å². The van der Waals surface area contributed by atoms with Crippen molar-refractivity contribution in [1.29, 1.82) is 0 Å². The maximum absolute atomic E-state index is 13.3. The number of carbonyl (C=O) groups excluding carboxylic acids is 3. The van der Waals surface area contributed by atoms with Gasteiger partial charge in [-0.15, -0.1) is 0 Å². The van der Waals surface area contributed by atoms with Crippen LogP contribution in [0.4, 0.5) is 0 Å². The lowest BCUT2D eigenvalue weighted by molar-refractivity contribution is -0.163. The van der Waals surface area contributed by atoms with Crippen LogP contribution in [-0.2, 0) is 23.8 Å². The molecule has 0 radical (unpaired) electrons. The molecule has 10 nitrogen and oxygen atoms in total. The van der Waals surface area contributed by atoms with Gasteiger partial charge in [-0.25, -0.2) is 4.98 Å². The highest BCUT2D eigenvalue weighted by Crippen LogP contribution is 2.32. The summed E-state index contributed by atoms with van der Waals surface area (Å²) in [6.07, 6.45) is 2.51. The van der Waals surface area contributed by atoms with Gasteiger partial charge < -0.3 is 28.4 Å². The molecule has 1 fully saturated rings. The quantitative estimate of drug-likeness (QED) is 0.252. The first kappa shape index (κ1) is 28.9. The molecule has 1 aliphatic rings. The van der Waals surface area contributed by atoms with Gasteiger partial charge in [-0.3, -0.25) is 14.4 Å². The van der Waals surface area contributed by atoms with E-state index in [2.05, 4.69) is 4.98 Å². The average Bonchev–Trinajstić information content (AvgIpc) is 2.91. The van der Waals surface area contributed by atoms with Gasteiger partial charge in [0.15, 0.2) is 29.1 Å². The number of ketones is 1. The predicted octanol–water partition coefficient (Wildman–Crippen LogP) is 4.15. The summed E-state index contributed by atoms with van der Waals surface area (Å²) in [6.45, 7) is 2.60. The van der Waals surface area contributed by atoms with Gasteiger partial charge in [-0.2, -0.15) is 0 Å². The number of nitrogens with zero attached hydrogens (tertiary/aromatic N) is 1. The lowest BCUT2D eigenvalue weighted by Gasteiger charge is -2.33. The van der Waals surface area contributed by atoms with Gasteiger partial charge in [0, 0.05) is 32.7 Å². The maximum atomic E-state index is 13.3. The van der Waals surface area contributed by atoms with Gasteiger partial charge in [-0.05, 0) is 31.9 Å². The Morgan fingerprint density at radius 2 is 1.82 bits per heavy atom. The fourth-order valence-electron chi connectivity index (χ4n) is 4.35. The smallest absolute Gasteiger partial charge is 0.309 e. The summed E-state index contributed by atoms with van der Waals surface area (Å²) in [5.74, 6) is -1.18. The van der Waals surface area contributed by atoms with E-state index in [0.29, 0.717) is 25.0 Å². The number of ether oxygens (including phenoxy) is 6. The number of pyridine rings is 1. The van der Waals surface area contributed by atoms with Crippen LogP contribution in [0.1, 0.15) is 56.4 Å². The summed E-state index contributed by atoms with van der Waals surface area (Å²) in [5, 5.41) is 0. The van der Waals surface area contributed by atoms with Crippen molar-refractivity contribution in [3.05, 3.63) is 48.3 Å². The summed E-state index contributed by atoms with van der Waals surface area (Å²) in [4.78, 5) is 41.9. The summed E-state index contributed by atoms with van der Waals surface area (Å²) in [5.41, 5.74) is -0.0146. The zero-order valence-corrected chi connectivity index (χ0v) is 22.2. The van der Waals surface area contributed by atoms with E-state index in [1.165, 1.54) is 26.3 Å². The Morgan fingerprint density at radius 1 is 1.08 bits per heavy atom. The number of hydrogen-bond donors (Lipinski definition) is 0. The second kappa shape index (κ2) is 14.3. The molecule has 0 spiro atoms. The van der Waals surface area contributed by atoms with E-state index >= 15 is 0 Å². The average molecular weight is 530 g/mol. The highest BCUT2D eigenvalue weighted by atomic mass is 16.7. The van der Waals surface area contributed by atoms with Gasteiger partial charge >= 0.3 is 11.9 Å². The van der Waals surface area contributed by atoms with Gasteiger partial charge in [0.05, 0.1) is 19.1 Å². The Bertz CT molecular complexity index is 1080. The Labute approximate surface area is 222 Å². The van der Waals surface area contributed by atoms with E-state index in [4.69, 9.17) is 28.4 Å². The van der Waals surface area contributed by atoms with Crippen LogP contribution < -0.4 is 14.2 Å². The lowest BCUT2D eigenvalue weighted by Crippen LogP contribution is -2.45. The Kier molecular flexibility index (Phi) is 10.9. The first-order valence-electron chi connectivity index (χ1n) is 12.6. The molecule has 0 aliphatic carbocycles. The number of cyclic esters (lactones) is 1. The lowest BCUT2D eigenvalue weighted by atomic mass is 9.92. The normalized spacial score (nSPS) is 22.1. The van der Waals surface area contributed by atoms with Crippen molar-refractivity contribution in [3.63, 3.8) is 0 Å². The first-order valence-corrected chi connectivity index (χ1v) is 12.6. The third-order valence-corrected chi connectivity index (χ3v) is 6.32. The molecule has 1 aliphatic heterocycles. The number of rotatable bonds is 10. The Morgan fingerprint density at radius 3 is 2.50 bits per heavy atom. The van der Waals surface area contributed by atoms with Crippen LogP contribution in [0.5, 0.6) is 17.2 Å². The summed E-state index contributed by atoms with van der Waals surface area (Å²) < 4.78 is 33.4.